The Bertz CT molecular complexity index is 980. The van der Waals surface area contributed by atoms with E-state index in [4.69, 9.17) is 9.15 Å². The summed E-state index contributed by atoms with van der Waals surface area (Å²) in [6.07, 6.45) is 3.12. The Kier molecular flexibility index (Phi) is 4.87. The Balaban J connectivity index is 1.71. The maximum absolute atomic E-state index is 11.3. The van der Waals surface area contributed by atoms with E-state index in [0.29, 0.717) is 41.6 Å². The van der Waals surface area contributed by atoms with Crippen molar-refractivity contribution in [2.24, 2.45) is 0 Å². The van der Waals surface area contributed by atoms with Gasteiger partial charge in [0.15, 0.2) is 11.4 Å². The molecule has 3 aromatic rings. The van der Waals surface area contributed by atoms with Crippen LogP contribution in [0.1, 0.15) is 6.92 Å². The zero-order valence-electron chi connectivity index (χ0n) is 14.7. The fourth-order valence-corrected chi connectivity index (χ4v) is 2.25. The predicted molar refractivity (Wildman–Crippen MR) is 95.5 cm³/mol. The fraction of sp³-hybridized carbons (Fsp3) is 0.294. The number of rotatable bonds is 6. The Morgan fingerprint density at radius 1 is 1.27 bits per heavy atom. The fourth-order valence-electron chi connectivity index (χ4n) is 2.25. The van der Waals surface area contributed by atoms with Gasteiger partial charge in [0.05, 0.1) is 17.9 Å². The number of amides is 1. The summed E-state index contributed by atoms with van der Waals surface area (Å²) in [5, 5.41) is 0. The summed E-state index contributed by atoms with van der Waals surface area (Å²) in [7, 11) is 3.61. The van der Waals surface area contributed by atoms with Crippen LogP contribution in [0.25, 0.3) is 11.1 Å². The number of oxazole rings is 1. The van der Waals surface area contributed by atoms with Crippen LogP contribution in [0.5, 0.6) is 11.6 Å². The molecule has 2 heterocycles. The van der Waals surface area contributed by atoms with Crippen molar-refractivity contribution in [3.63, 3.8) is 0 Å². The maximum Gasteiger partial charge on any atom is 0.417 e. The second-order valence-electron chi connectivity index (χ2n) is 5.85. The summed E-state index contributed by atoms with van der Waals surface area (Å²) in [6.45, 7) is 2.70. The van der Waals surface area contributed by atoms with Crippen molar-refractivity contribution in [2.45, 2.75) is 6.92 Å². The molecule has 3 rings (SSSR count). The van der Waals surface area contributed by atoms with E-state index in [1.54, 1.807) is 36.3 Å². The molecule has 0 bridgehead atoms. The maximum atomic E-state index is 11.3. The van der Waals surface area contributed by atoms with Gasteiger partial charge in [-0.3, -0.25) is 14.8 Å². The molecule has 9 heteroatoms. The Morgan fingerprint density at radius 2 is 2.08 bits per heavy atom. The first-order chi connectivity index (χ1) is 12.4. The van der Waals surface area contributed by atoms with Crippen LogP contribution in [-0.2, 0) is 4.79 Å². The number of anilines is 1. The lowest BCUT2D eigenvalue weighted by molar-refractivity contribution is -0.127. The molecule has 0 atom stereocenters. The highest BCUT2D eigenvalue weighted by molar-refractivity contribution is 5.74. The minimum Gasteiger partial charge on any atom is -0.437 e. The van der Waals surface area contributed by atoms with Crippen molar-refractivity contribution in [1.82, 2.24) is 19.9 Å². The summed E-state index contributed by atoms with van der Waals surface area (Å²) in [5.74, 6) is 0.898. The largest absolute Gasteiger partial charge is 0.437 e. The lowest BCUT2D eigenvalue weighted by Crippen LogP contribution is -2.33. The number of nitrogens with one attached hydrogen (secondary N) is 1. The topological polar surface area (TPSA) is 105 Å². The number of H-pyrrole nitrogens is 1. The van der Waals surface area contributed by atoms with Gasteiger partial charge in [0.2, 0.25) is 11.8 Å². The van der Waals surface area contributed by atoms with Crippen LogP contribution in [0, 0.1) is 0 Å². The molecule has 0 aliphatic heterocycles. The molecule has 0 radical (unpaired) electrons. The van der Waals surface area contributed by atoms with Gasteiger partial charge in [0.1, 0.15) is 5.75 Å². The number of fused-ring (bicyclic) bond motifs is 1. The van der Waals surface area contributed by atoms with E-state index in [0.717, 1.165) is 0 Å². The van der Waals surface area contributed by atoms with E-state index < -0.39 is 5.76 Å². The van der Waals surface area contributed by atoms with Crippen molar-refractivity contribution in [1.29, 1.82) is 0 Å². The highest BCUT2D eigenvalue weighted by Crippen LogP contribution is 2.24. The Hall–Kier alpha value is -3.36. The van der Waals surface area contributed by atoms with E-state index in [-0.39, 0.29) is 5.91 Å². The summed E-state index contributed by atoms with van der Waals surface area (Å²) in [6, 6.07) is 5.00. The first-order valence-electron chi connectivity index (χ1n) is 7.98. The number of aromatic nitrogens is 3. The number of carbonyl (C=O) groups is 1. The van der Waals surface area contributed by atoms with Crippen LogP contribution in [0.2, 0.25) is 0 Å². The number of benzene rings is 1. The monoisotopic (exact) mass is 357 g/mol. The Morgan fingerprint density at radius 3 is 2.85 bits per heavy atom. The van der Waals surface area contributed by atoms with Gasteiger partial charge in [-0.1, -0.05) is 0 Å². The van der Waals surface area contributed by atoms with Crippen LogP contribution < -0.4 is 15.4 Å². The van der Waals surface area contributed by atoms with Gasteiger partial charge in [0, 0.05) is 40.2 Å². The minimum atomic E-state index is -0.518. The number of nitrogens with zero attached hydrogens (tertiary/aromatic N) is 4. The quantitative estimate of drug-likeness (QED) is 0.715. The third-order valence-corrected chi connectivity index (χ3v) is 3.91. The first kappa shape index (κ1) is 17.5. The minimum absolute atomic E-state index is 0.00775. The zero-order chi connectivity index (χ0) is 18.7. The molecular weight excluding hydrogens is 338 g/mol. The van der Waals surface area contributed by atoms with Gasteiger partial charge >= 0.3 is 5.76 Å². The molecule has 1 amide bonds. The molecular formula is C17H19N5O4. The third kappa shape index (κ3) is 4.00. The van der Waals surface area contributed by atoms with E-state index in [1.165, 1.54) is 13.1 Å². The van der Waals surface area contributed by atoms with Crippen LogP contribution >= 0.6 is 0 Å². The standard InChI is InChI=1S/C17H19N5O4/c1-11(23)21(2)6-7-22(3)15-9-18-10-16(20-15)25-12-4-5-13-14(8-12)26-17(24)19-13/h4-5,8-10H,6-7H2,1-3H3,(H,19,24). The highest BCUT2D eigenvalue weighted by Gasteiger charge is 2.09. The van der Waals surface area contributed by atoms with Crippen molar-refractivity contribution in [3.8, 4) is 11.6 Å². The van der Waals surface area contributed by atoms with Crippen LogP contribution in [0.15, 0.2) is 39.8 Å². The molecule has 0 spiro atoms. The van der Waals surface area contributed by atoms with Crippen LogP contribution in [-0.4, -0.2) is 52.9 Å². The number of aromatic amines is 1. The Labute approximate surface area is 149 Å². The van der Waals surface area contributed by atoms with Crippen LogP contribution in [0.3, 0.4) is 0 Å². The van der Waals surface area contributed by atoms with E-state index in [9.17, 15) is 9.59 Å². The smallest absolute Gasteiger partial charge is 0.417 e. The molecule has 26 heavy (non-hydrogen) atoms. The molecule has 0 aliphatic carbocycles. The van der Waals surface area contributed by atoms with Crippen molar-refractivity contribution >= 4 is 22.8 Å². The zero-order valence-corrected chi connectivity index (χ0v) is 14.7. The van der Waals surface area contributed by atoms with Gasteiger partial charge < -0.3 is 19.0 Å². The van der Waals surface area contributed by atoms with Gasteiger partial charge in [-0.25, -0.2) is 4.79 Å². The molecule has 0 aliphatic rings. The molecule has 2 aromatic heterocycles. The first-order valence-corrected chi connectivity index (χ1v) is 7.98. The van der Waals surface area contributed by atoms with E-state index in [2.05, 4.69) is 15.0 Å². The average molecular weight is 357 g/mol. The average Bonchev–Trinajstić information content (AvgIpc) is 2.98. The molecule has 0 saturated heterocycles. The second kappa shape index (κ2) is 7.26. The summed E-state index contributed by atoms with van der Waals surface area (Å²) in [5.41, 5.74) is 0.998. The van der Waals surface area contributed by atoms with Gasteiger partial charge in [-0.15, -0.1) is 0 Å². The van der Waals surface area contributed by atoms with E-state index >= 15 is 0 Å². The molecule has 136 valence electrons. The molecule has 0 fully saturated rings. The van der Waals surface area contributed by atoms with Gasteiger partial charge in [-0.2, -0.15) is 4.98 Å². The number of likely N-dealkylation sites (N-methyl/N-ethyl adjacent to an activating group) is 2. The molecule has 1 aromatic carbocycles. The van der Waals surface area contributed by atoms with Crippen molar-refractivity contribution in [3.05, 3.63) is 41.1 Å². The molecule has 0 saturated carbocycles. The lowest BCUT2D eigenvalue weighted by Gasteiger charge is -2.22. The number of carbonyl (C=O) groups excluding carboxylic acids is 1. The van der Waals surface area contributed by atoms with Crippen molar-refractivity contribution < 1.29 is 13.9 Å². The summed E-state index contributed by atoms with van der Waals surface area (Å²) in [4.78, 5) is 37.1. The van der Waals surface area contributed by atoms with Crippen molar-refractivity contribution in [2.75, 3.05) is 32.1 Å². The SMILES string of the molecule is CC(=O)N(C)CCN(C)c1cncc(Oc2ccc3[nH]c(=O)oc3c2)n1. The van der Waals surface area contributed by atoms with Gasteiger partial charge in [0.25, 0.3) is 0 Å². The number of hydrogen-bond donors (Lipinski definition) is 1. The summed E-state index contributed by atoms with van der Waals surface area (Å²) < 4.78 is 10.7. The predicted octanol–water partition coefficient (Wildman–Crippen LogP) is 1.62. The highest BCUT2D eigenvalue weighted by atomic mass is 16.5. The number of hydrogen-bond acceptors (Lipinski definition) is 7. The van der Waals surface area contributed by atoms with Gasteiger partial charge in [-0.05, 0) is 12.1 Å². The number of ether oxygens (including phenoxy) is 1. The second-order valence-corrected chi connectivity index (χ2v) is 5.85. The normalized spacial score (nSPS) is 10.7. The van der Waals surface area contributed by atoms with E-state index in [1.807, 2.05) is 11.9 Å². The third-order valence-electron chi connectivity index (χ3n) is 3.91. The lowest BCUT2D eigenvalue weighted by atomic mass is 10.3. The molecule has 0 unspecified atom stereocenters. The molecule has 1 N–H and O–H groups in total. The van der Waals surface area contributed by atoms with Crippen LogP contribution in [0.4, 0.5) is 5.82 Å². The summed E-state index contributed by atoms with van der Waals surface area (Å²) >= 11 is 0. The molecule has 9 nitrogen and oxygen atoms in total.